The fraction of sp³-hybridized carbons (Fsp3) is 0.238. The number of hydrogen-bond donors (Lipinski definition) is 2. The first-order valence-electron chi connectivity index (χ1n) is 9.73. The molecule has 1 fully saturated rings. The van der Waals surface area contributed by atoms with E-state index in [0.29, 0.717) is 16.3 Å². The van der Waals surface area contributed by atoms with Crippen LogP contribution in [0.5, 0.6) is 0 Å². The summed E-state index contributed by atoms with van der Waals surface area (Å²) in [6.07, 6.45) is -0.245. The number of carbonyl (C=O) groups excluding carboxylic acids is 4. The minimum absolute atomic E-state index is 0.195. The number of para-hydroxylation sites is 1. The largest absolute Gasteiger partial charge is 0.455 e. The molecule has 1 atom stereocenters. The highest BCUT2D eigenvalue weighted by Crippen LogP contribution is 2.23. The Labute approximate surface area is 192 Å². The summed E-state index contributed by atoms with van der Waals surface area (Å²) >= 11 is 6.00. The predicted molar refractivity (Wildman–Crippen MR) is 116 cm³/mol. The second-order valence-corrected chi connectivity index (χ2v) is 7.60. The van der Waals surface area contributed by atoms with Gasteiger partial charge >= 0.3 is 5.97 Å². The van der Waals surface area contributed by atoms with Crippen molar-refractivity contribution >= 4 is 46.7 Å². The van der Waals surface area contributed by atoms with Crippen molar-refractivity contribution in [3.63, 3.8) is 0 Å². The monoisotopic (exact) mass is 474 g/mol. The van der Waals surface area contributed by atoms with Crippen LogP contribution in [0.15, 0.2) is 42.5 Å². The number of esters is 1. The molecule has 2 aromatic rings. The molecule has 1 heterocycles. The number of hydrogen-bond acceptors (Lipinski definition) is 7. The highest BCUT2D eigenvalue weighted by Gasteiger charge is 2.37. The van der Waals surface area contributed by atoms with Gasteiger partial charge in [0.1, 0.15) is 5.56 Å². The van der Waals surface area contributed by atoms with Crippen molar-refractivity contribution in [3.8, 4) is 0 Å². The minimum atomic E-state index is -0.913. The summed E-state index contributed by atoms with van der Waals surface area (Å²) in [5.41, 5.74) is 2.76. The van der Waals surface area contributed by atoms with E-state index in [0.717, 1.165) is 11.1 Å². The standard InChI is InChI=1S/C21H19ClN4O7/c1-12-15(22)6-4-7-16(12)23-18(27)11-33-21(30)13-9-19(28)25(10-13)24-20(29)14-5-2-3-8-17(14)26(31)32/h2-8,13H,9-11H2,1H3,(H,23,27)(H,24,29)/t13-/m0/s1. The van der Waals surface area contributed by atoms with Gasteiger partial charge in [0.05, 0.1) is 17.4 Å². The molecule has 2 aromatic carbocycles. The van der Waals surface area contributed by atoms with Crippen LogP contribution in [0.1, 0.15) is 22.3 Å². The van der Waals surface area contributed by atoms with Gasteiger partial charge in [0.25, 0.3) is 17.5 Å². The van der Waals surface area contributed by atoms with E-state index in [-0.39, 0.29) is 18.5 Å². The lowest BCUT2D eigenvalue weighted by Crippen LogP contribution is -2.43. The van der Waals surface area contributed by atoms with Crippen LogP contribution in [0.25, 0.3) is 0 Å². The maximum Gasteiger partial charge on any atom is 0.311 e. The number of hydrazine groups is 1. The van der Waals surface area contributed by atoms with Crippen LogP contribution in [0, 0.1) is 23.0 Å². The normalized spacial score (nSPS) is 15.2. The van der Waals surface area contributed by atoms with Gasteiger partial charge in [-0.3, -0.25) is 39.7 Å². The average molecular weight is 475 g/mol. The van der Waals surface area contributed by atoms with Crippen LogP contribution in [-0.2, 0) is 19.1 Å². The summed E-state index contributed by atoms with van der Waals surface area (Å²) in [5, 5.41) is 15.0. The molecule has 0 bridgehead atoms. The molecule has 12 heteroatoms. The summed E-state index contributed by atoms with van der Waals surface area (Å²) in [4.78, 5) is 59.4. The van der Waals surface area contributed by atoms with Gasteiger partial charge in [0.15, 0.2) is 6.61 Å². The predicted octanol–water partition coefficient (Wildman–Crippen LogP) is 2.23. The van der Waals surface area contributed by atoms with Gasteiger partial charge < -0.3 is 10.1 Å². The summed E-state index contributed by atoms with van der Waals surface area (Å²) in [5.74, 6) is -3.71. The molecule has 3 amide bonds. The van der Waals surface area contributed by atoms with Crippen molar-refractivity contribution in [2.24, 2.45) is 5.92 Å². The molecular formula is C21H19ClN4O7. The molecule has 2 N–H and O–H groups in total. The van der Waals surface area contributed by atoms with E-state index in [1.807, 2.05) is 0 Å². The number of benzene rings is 2. The molecule has 0 spiro atoms. The van der Waals surface area contributed by atoms with Gasteiger partial charge in [-0.25, -0.2) is 0 Å². The lowest BCUT2D eigenvalue weighted by Gasteiger charge is -2.17. The summed E-state index contributed by atoms with van der Waals surface area (Å²) in [6.45, 7) is 0.956. The number of nitrogens with one attached hydrogen (secondary N) is 2. The number of anilines is 1. The zero-order valence-corrected chi connectivity index (χ0v) is 18.1. The maximum absolute atomic E-state index is 12.4. The second-order valence-electron chi connectivity index (χ2n) is 7.19. The van der Waals surface area contributed by atoms with Gasteiger partial charge in [-0.2, -0.15) is 0 Å². The zero-order valence-electron chi connectivity index (χ0n) is 17.4. The van der Waals surface area contributed by atoms with Crippen molar-refractivity contribution in [1.82, 2.24) is 10.4 Å². The number of nitro benzene ring substituents is 1. The van der Waals surface area contributed by atoms with E-state index in [4.69, 9.17) is 16.3 Å². The molecule has 3 rings (SSSR count). The molecule has 0 aromatic heterocycles. The van der Waals surface area contributed by atoms with E-state index < -0.39 is 46.8 Å². The third-order valence-corrected chi connectivity index (χ3v) is 5.34. The molecule has 172 valence electrons. The number of rotatable bonds is 7. The molecule has 0 saturated carbocycles. The van der Waals surface area contributed by atoms with E-state index >= 15 is 0 Å². The maximum atomic E-state index is 12.4. The van der Waals surface area contributed by atoms with Crippen LogP contribution >= 0.6 is 11.6 Å². The Hall–Kier alpha value is -3.99. The van der Waals surface area contributed by atoms with Crippen molar-refractivity contribution in [2.75, 3.05) is 18.5 Å². The lowest BCUT2D eigenvalue weighted by atomic mass is 10.1. The SMILES string of the molecule is Cc1c(Cl)cccc1NC(=O)COC(=O)[C@H]1CC(=O)N(NC(=O)c2ccccc2[N+](=O)[O-])C1. The van der Waals surface area contributed by atoms with E-state index in [9.17, 15) is 29.3 Å². The Morgan fingerprint density at radius 2 is 1.94 bits per heavy atom. The quantitative estimate of drug-likeness (QED) is 0.355. The fourth-order valence-electron chi connectivity index (χ4n) is 3.16. The third-order valence-electron chi connectivity index (χ3n) is 4.93. The van der Waals surface area contributed by atoms with Gasteiger partial charge in [0, 0.05) is 23.2 Å². The number of ether oxygens (including phenoxy) is 1. The van der Waals surface area contributed by atoms with Crippen LogP contribution in [0.4, 0.5) is 11.4 Å². The summed E-state index contributed by atoms with van der Waals surface area (Å²) < 4.78 is 5.00. The van der Waals surface area contributed by atoms with Crippen LogP contribution < -0.4 is 10.7 Å². The first kappa shape index (κ1) is 23.7. The Kier molecular flexibility index (Phi) is 7.23. The first-order valence-corrected chi connectivity index (χ1v) is 10.1. The van der Waals surface area contributed by atoms with Crippen molar-refractivity contribution < 1.29 is 28.8 Å². The number of carbonyl (C=O) groups is 4. The highest BCUT2D eigenvalue weighted by molar-refractivity contribution is 6.31. The van der Waals surface area contributed by atoms with Crippen molar-refractivity contribution in [1.29, 1.82) is 0 Å². The van der Waals surface area contributed by atoms with Gasteiger partial charge in [-0.1, -0.05) is 29.8 Å². The molecule has 1 aliphatic heterocycles. The number of halogens is 1. The Morgan fingerprint density at radius 1 is 1.21 bits per heavy atom. The minimum Gasteiger partial charge on any atom is -0.455 e. The smallest absolute Gasteiger partial charge is 0.311 e. The highest BCUT2D eigenvalue weighted by atomic mass is 35.5. The summed E-state index contributed by atoms with van der Waals surface area (Å²) in [6, 6.07) is 10.2. The molecule has 1 saturated heterocycles. The molecule has 33 heavy (non-hydrogen) atoms. The molecule has 0 radical (unpaired) electrons. The van der Waals surface area contributed by atoms with Gasteiger partial charge in [-0.15, -0.1) is 0 Å². The molecule has 0 unspecified atom stereocenters. The van der Waals surface area contributed by atoms with Crippen molar-refractivity contribution in [3.05, 3.63) is 68.7 Å². The van der Waals surface area contributed by atoms with E-state index in [2.05, 4.69) is 10.7 Å². The molecular weight excluding hydrogens is 456 g/mol. The Morgan fingerprint density at radius 3 is 2.67 bits per heavy atom. The van der Waals surface area contributed by atoms with Crippen LogP contribution in [0.2, 0.25) is 5.02 Å². The number of nitro groups is 1. The van der Waals surface area contributed by atoms with E-state index in [1.165, 1.54) is 18.2 Å². The zero-order chi connectivity index (χ0) is 24.1. The van der Waals surface area contributed by atoms with Gasteiger partial charge in [-0.05, 0) is 30.7 Å². The Balaban J connectivity index is 1.54. The first-order chi connectivity index (χ1) is 15.7. The third kappa shape index (κ3) is 5.63. The molecule has 0 aliphatic carbocycles. The van der Waals surface area contributed by atoms with E-state index in [1.54, 1.807) is 25.1 Å². The number of amides is 3. The van der Waals surface area contributed by atoms with Crippen LogP contribution in [0.3, 0.4) is 0 Å². The van der Waals surface area contributed by atoms with Crippen molar-refractivity contribution in [2.45, 2.75) is 13.3 Å². The Bertz CT molecular complexity index is 1140. The number of nitrogens with zero attached hydrogens (tertiary/aromatic N) is 2. The second kappa shape index (κ2) is 10.1. The average Bonchev–Trinajstić information content (AvgIpc) is 3.15. The molecule has 1 aliphatic rings. The van der Waals surface area contributed by atoms with Gasteiger partial charge in [0.2, 0.25) is 5.91 Å². The topological polar surface area (TPSA) is 148 Å². The summed E-state index contributed by atoms with van der Waals surface area (Å²) in [7, 11) is 0. The van der Waals surface area contributed by atoms with Crippen LogP contribution in [-0.4, -0.2) is 46.8 Å². The lowest BCUT2D eigenvalue weighted by molar-refractivity contribution is -0.385. The fourth-order valence-corrected chi connectivity index (χ4v) is 3.34. The molecule has 11 nitrogen and oxygen atoms in total.